The van der Waals surface area contributed by atoms with Gasteiger partial charge in [0.1, 0.15) is 22.3 Å². The first-order chi connectivity index (χ1) is 68.4. The van der Waals surface area contributed by atoms with Crippen molar-refractivity contribution in [2.45, 2.75) is 0 Å². The molecule has 0 spiro atoms. The molecule has 0 atom stereocenters. The topological polar surface area (TPSA) is 42.6 Å². The van der Waals surface area contributed by atoms with Crippen molar-refractivity contribution in [3.63, 3.8) is 0 Å². The summed E-state index contributed by atoms with van der Waals surface area (Å²) in [6.07, 6.45) is 0. The van der Waals surface area contributed by atoms with Crippen LogP contribution in [0.4, 0.5) is 34.1 Å². The predicted molar refractivity (Wildman–Crippen MR) is 580 cm³/mol. The Morgan fingerprint density at radius 1 is 0.138 bits per heavy atom. The van der Waals surface area contributed by atoms with Crippen molar-refractivity contribution in [2.24, 2.45) is 0 Å². The van der Waals surface area contributed by atoms with Gasteiger partial charge in [-0.2, -0.15) is 0 Å². The molecule has 6 heteroatoms. The molecule has 138 heavy (non-hydrogen) atoms. The van der Waals surface area contributed by atoms with E-state index in [2.05, 4.69) is 529 Å². The molecule has 0 saturated heterocycles. The van der Waals surface area contributed by atoms with Crippen LogP contribution in [0.5, 0.6) is 0 Å². The number of anilines is 6. The Hall–Kier alpha value is -18.4. The first-order valence-electron chi connectivity index (χ1n) is 47.1. The van der Waals surface area contributed by atoms with Gasteiger partial charge in [0.05, 0.1) is 22.1 Å². The molecular formula is C132H88N4O2. The van der Waals surface area contributed by atoms with E-state index in [0.717, 1.165) is 134 Å². The Bertz CT molecular complexity index is 8880. The molecule has 0 aliphatic heterocycles. The Labute approximate surface area is 800 Å². The highest BCUT2D eigenvalue weighted by Gasteiger charge is 2.22. The molecular weight excluding hydrogens is 1670 g/mol. The van der Waals surface area contributed by atoms with Crippen LogP contribution >= 0.6 is 0 Å². The van der Waals surface area contributed by atoms with Gasteiger partial charge in [-0.25, -0.2) is 0 Å². The lowest BCUT2D eigenvalue weighted by Gasteiger charge is -2.26. The number of hydrogen-bond donors (Lipinski definition) is 0. The Balaban J connectivity index is 0.000000146. The number of nitrogens with zero attached hydrogens (tertiary/aromatic N) is 4. The van der Waals surface area contributed by atoms with Gasteiger partial charge in [-0.3, -0.25) is 0 Å². The van der Waals surface area contributed by atoms with Crippen LogP contribution in [0.25, 0.3) is 210 Å². The highest BCUT2D eigenvalue weighted by Crippen LogP contribution is 2.46. The van der Waals surface area contributed by atoms with Crippen LogP contribution in [0.2, 0.25) is 0 Å². The molecule has 4 aromatic heterocycles. The van der Waals surface area contributed by atoms with Gasteiger partial charge in [-0.15, -0.1) is 0 Å². The SMILES string of the molecule is c1ccc(-c2ccc(-c3ccc(N(c4ccc(-c5ccc(-c6cccc7oc8ccccc8c67)cc5)cc4)c4ccc(-c5cccc(-n6c7ccccc7c7ccccc76)c5)cc4)cc3)cc2)cc1.c1ccc(-c2cccc(-c3ccc(N(c4ccc(-c5ccc(-c6cccc7oc8ccccc8c67)cc5)cc4)c4ccc(-c5cccc(-n6c7ccccc7c7ccccc76)c5)cc4)cc3)c2)cc1. The lowest BCUT2D eigenvalue weighted by Crippen LogP contribution is -2.09. The van der Waals surface area contributed by atoms with E-state index in [1.807, 2.05) is 24.3 Å². The van der Waals surface area contributed by atoms with E-state index < -0.39 is 0 Å². The van der Waals surface area contributed by atoms with Crippen molar-refractivity contribution in [3.8, 4) is 123 Å². The lowest BCUT2D eigenvalue weighted by atomic mass is 9.97. The van der Waals surface area contributed by atoms with Crippen molar-refractivity contribution in [1.82, 2.24) is 9.13 Å². The minimum Gasteiger partial charge on any atom is -0.456 e. The Kier molecular flexibility index (Phi) is 20.9. The molecule has 0 aliphatic rings. The molecule has 0 bridgehead atoms. The molecule has 0 saturated carbocycles. The first-order valence-corrected chi connectivity index (χ1v) is 47.1. The average Bonchev–Trinajstić information content (AvgIpc) is 1.60. The van der Waals surface area contributed by atoms with Crippen molar-refractivity contribution < 1.29 is 8.83 Å². The van der Waals surface area contributed by atoms with Crippen molar-refractivity contribution in [2.75, 3.05) is 9.80 Å². The normalized spacial score (nSPS) is 11.5. The summed E-state index contributed by atoms with van der Waals surface area (Å²) < 4.78 is 17.2. The minimum absolute atomic E-state index is 0.907. The van der Waals surface area contributed by atoms with Gasteiger partial charge in [0.15, 0.2) is 0 Å². The monoisotopic (exact) mass is 1760 g/mol. The zero-order valence-corrected chi connectivity index (χ0v) is 75.4. The van der Waals surface area contributed by atoms with Gasteiger partial charge < -0.3 is 27.8 Å². The minimum atomic E-state index is 0.907. The highest BCUT2D eigenvalue weighted by molar-refractivity contribution is 6.15. The van der Waals surface area contributed by atoms with E-state index in [0.29, 0.717) is 0 Å². The Morgan fingerprint density at radius 2 is 0.341 bits per heavy atom. The van der Waals surface area contributed by atoms with E-state index in [9.17, 15) is 0 Å². The summed E-state index contributed by atoms with van der Waals surface area (Å²) in [6, 6.07) is 192. The fraction of sp³-hybridized carbons (Fsp3) is 0. The van der Waals surface area contributed by atoms with Gasteiger partial charge in [0.2, 0.25) is 0 Å². The lowest BCUT2D eigenvalue weighted by molar-refractivity contribution is 0.668. The maximum Gasteiger partial charge on any atom is 0.136 e. The van der Waals surface area contributed by atoms with E-state index in [1.165, 1.54) is 110 Å². The standard InChI is InChI=1S/2C66H44N2O/c1-2-13-45(14-3-1)51-15-10-16-52(43-51)48-33-39-55(40-34-48)67(54-37-31-47(32-38-54)46-27-29-50(30-28-46)58-22-12-26-65-66(58)61-21-6-9-25-64(61)69-65)56-41-35-49(36-42-56)53-17-11-18-57(44-53)68-62-23-7-4-19-59(62)60-20-5-8-24-63(60)68;1-2-12-45(13-3-1)46-24-26-47(27-25-46)49-32-38-54(39-33-49)67(55-40-34-50(35-41-55)48-28-30-52(31-29-48)58-19-11-23-65-66(58)61-18-6-9-22-64(61)69-65)56-42-36-51(37-43-56)53-14-10-15-57(44-53)68-62-20-7-4-16-59(62)60-17-5-8-21-63(60)68/h2*1-44H. The summed E-state index contributed by atoms with van der Waals surface area (Å²) in [4.78, 5) is 4.70. The second-order valence-corrected chi connectivity index (χ2v) is 35.4. The molecule has 0 radical (unpaired) electrons. The average molecular weight is 1760 g/mol. The molecule has 6 nitrogen and oxygen atoms in total. The molecule has 26 rings (SSSR count). The Morgan fingerprint density at radius 3 is 0.645 bits per heavy atom. The smallest absolute Gasteiger partial charge is 0.136 e. The van der Waals surface area contributed by atoms with E-state index >= 15 is 0 Å². The van der Waals surface area contributed by atoms with Crippen LogP contribution < -0.4 is 9.80 Å². The summed E-state index contributed by atoms with van der Waals surface area (Å²) in [6.45, 7) is 0. The third-order valence-corrected chi connectivity index (χ3v) is 27.3. The molecule has 4 heterocycles. The summed E-state index contributed by atoms with van der Waals surface area (Å²) in [5.74, 6) is 0. The summed E-state index contributed by atoms with van der Waals surface area (Å²) in [5.41, 5.74) is 40.7. The molecule has 0 N–H and O–H groups in total. The van der Waals surface area contributed by atoms with E-state index in [1.54, 1.807) is 0 Å². The van der Waals surface area contributed by atoms with Crippen LogP contribution in [0, 0.1) is 0 Å². The molecule has 0 amide bonds. The van der Waals surface area contributed by atoms with Crippen LogP contribution in [-0.4, -0.2) is 9.13 Å². The van der Waals surface area contributed by atoms with Crippen LogP contribution in [0.3, 0.4) is 0 Å². The van der Waals surface area contributed by atoms with Gasteiger partial charge >= 0.3 is 0 Å². The number of hydrogen-bond acceptors (Lipinski definition) is 4. The maximum atomic E-state index is 6.21. The van der Waals surface area contributed by atoms with Crippen molar-refractivity contribution >= 4 is 122 Å². The first kappa shape index (κ1) is 81.6. The summed E-state index contributed by atoms with van der Waals surface area (Å²) in [5, 5.41) is 9.62. The number of rotatable bonds is 18. The number of benzene rings is 22. The summed E-state index contributed by atoms with van der Waals surface area (Å²) in [7, 11) is 0. The predicted octanol–water partition coefficient (Wildman–Crippen LogP) is 37.0. The van der Waals surface area contributed by atoms with Crippen molar-refractivity contribution in [1.29, 1.82) is 0 Å². The number of aromatic nitrogens is 2. The number of fused-ring (bicyclic) bond motifs is 12. The van der Waals surface area contributed by atoms with Gasteiger partial charge in [0.25, 0.3) is 0 Å². The molecule has 0 unspecified atom stereocenters. The molecule has 0 fully saturated rings. The second-order valence-electron chi connectivity index (χ2n) is 35.4. The largest absolute Gasteiger partial charge is 0.456 e. The van der Waals surface area contributed by atoms with Crippen molar-refractivity contribution in [3.05, 3.63) is 534 Å². The fourth-order valence-electron chi connectivity index (χ4n) is 20.5. The van der Waals surface area contributed by atoms with Gasteiger partial charge in [-0.1, -0.05) is 382 Å². The third kappa shape index (κ3) is 15.3. The van der Waals surface area contributed by atoms with E-state index in [-0.39, 0.29) is 0 Å². The number of furan rings is 2. The quantitative estimate of drug-likeness (QED) is 0.0859. The van der Waals surface area contributed by atoms with Crippen LogP contribution in [-0.2, 0) is 0 Å². The van der Waals surface area contributed by atoms with Crippen LogP contribution in [0.1, 0.15) is 0 Å². The maximum absolute atomic E-state index is 6.21. The second kappa shape index (κ2) is 35.3. The zero-order chi connectivity index (χ0) is 91.4. The molecule has 0 aliphatic carbocycles. The zero-order valence-electron chi connectivity index (χ0n) is 75.4. The molecule has 22 aromatic carbocycles. The molecule has 26 aromatic rings. The van der Waals surface area contributed by atoms with Gasteiger partial charge in [0, 0.05) is 88.6 Å². The molecule has 648 valence electrons. The summed E-state index contributed by atoms with van der Waals surface area (Å²) >= 11 is 0. The van der Waals surface area contributed by atoms with Gasteiger partial charge in [-0.05, 0) is 263 Å². The van der Waals surface area contributed by atoms with Crippen LogP contribution in [0.15, 0.2) is 543 Å². The third-order valence-electron chi connectivity index (χ3n) is 27.3. The number of para-hydroxylation sites is 6. The highest BCUT2D eigenvalue weighted by atomic mass is 16.3. The fourth-order valence-corrected chi connectivity index (χ4v) is 20.5. The van der Waals surface area contributed by atoms with E-state index in [4.69, 9.17) is 8.83 Å².